The standard InChI is InChI=1S/C9H17NO5S/c1-9(13,8(11)12)6-10-7-3-2-4-16(14,15)5-7/h7,10,13H,2-6H2,1H3,(H,11,12). The van der Waals surface area contributed by atoms with Gasteiger partial charge in [-0.25, -0.2) is 13.2 Å². The van der Waals surface area contributed by atoms with Crippen molar-refractivity contribution in [1.29, 1.82) is 0 Å². The Morgan fingerprint density at radius 2 is 2.19 bits per heavy atom. The Labute approximate surface area is 94.6 Å². The number of hydrogen-bond donors (Lipinski definition) is 3. The molecular formula is C9H17NO5S. The van der Waals surface area contributed by atoms with Crippen LogP contribution < -0.4 is 5.32 Å². The first-order valence-corrected chi connectivity index (χ1v) is 6.95. The number of aliphatic hydroxyl groups is 1. The molecule has 94 valence electrons. The van der Waals surface area contributed by atoms with Gasteiger partial charge in [0.2, 0.25) is 0 Å². The molecule has 0 saturated carbocycles. The maximum absolute atomic E-state index is 11.3. The molecule has 1 fully saturated rings. The number of sulfone groups is 1. The van der Waals surface area contributed by atoms with Gasteiger partial charge in [-0.05, 0) is 19.8 Å². The molecule has 0 aliphatic carbocycles. The largest absolute Gasteiger partial charge is 0.479 e. The number of carboxylic acids is 1. The van der Waals surface area contributed by atoms with E-state index in [9.17, 15) is 18.3 Å². The average Bonchev–Trinajstić information content (AvgIpc) is 2.13. The van der Waals surface area contributed by atoms with Crippen molar-refractivity contribution in [1.82, 2.24) is 5.32 Å². The lowest BCUT2D eigenvalue weighted by atomic mass is 10.1. The zero-order valence-electron chi connectivity index (χ0n) is 9.14. The smallest absolute Gasteiger partial charge is 0.336 e. The summed E-state index contributed by atoms with van der Waals surface area (Å²) in [5, 5.41) is 20.9. The second-order valence-electron chi connectivity index (χ2n) is 4.41. The van der Waals surface area contributed by atoms with Gasteiger partial charge < -0.3 is 15.5 Å². The van der Waals surface area contributed by atoms with Crippen molar-refractivity contribution < 1.29 is 23.4 Å². The number of rotatable bonds is 4. The summed E-state index contributed by atoms with van der Waals surface area (Å²) in [6.07, 6.45) is 1.27. The zero-order valence-corrected chi connectivity index (χ0v) is 9.96. The van der Waals surface area contributed by atoms with Crippen molar-refractivity contribution in [2.75, 3.05) is 18.1 Å². The van der Waals surface area contributed by atoms with Crippen molar-refractivity contribution in [3.8, 4) is 0 Å². The minimum absolute atomic E-state index is 0.0166. The number of carboxylic acid groups (broad SMARTS) is 1. The molecule has 0 aromatic heterocycles. The molecule has 2 atom stereocenters. The quantitative estimate of drug-likeness (QED) is 0.591. The van der Waals surface area contributed by atoms with Crippen LogP contribution in [0.15, 0.2) is 0 Å². The van der Waals surface area contributed by atoms with Crippen LogP contribution in [0.5, 0.6) is 0 Å². The van der Waals surface area contributed by atoms with Gasteiger partial charge in [0.15, 0.2) is 15.4 Å². The first kappa shape index (κ1) is 13.4. The fourth-order valence-corrected chi connectivity index (χ4v) is 3.27. The van der Waals surface area contributed by atoms with Crippen LogP contribution in [0.2, 0.25) is 0 Å². The van der Waals surface area contributed by atoms with Crippen molar-refractivity contribution >= 4 is 15.8 Å². The maximum atomic E-state index is 11.3. The highest BCUT2D eigenvalue weighted by atomic mass is 32.2. The van der Waals surface area contributed by atoms with E-state index in [2.05, 4.69) is 5.32 Å². The molecule has 0 spiro atoms. The van der Waals surface area contributed by atoms with Crippen LogP contribution in [0.25, 0.3) is 0 Å². The fourth-order valence-electron chi connectivity index (χ4n) is 1.60. The Hall–Kier alpha value is -0.660. The molecule has 7 heteroatoms. The van der Waals surface area contributed by atoms with E-state index in [0.29, 0.717) is 12.8 Å². The monoisotopic (exact) mass is 251 g/mol. The van der Waals surface area contributed by atoms with Gasteiger partial charge in [-0.2, -0.15) is 0 Å². The molecule has 6 nitrogen and oxygen atoms in total. The summed E-state index contributed by atoms with van der Waals surface area (Å²) < 4.78 is 22.6. The lowest BCUT2D eigenvalue weighted by Gasteiger charge is -2.26. The van der Waals surface area contributed by atoms with Crippen molar-refractivity contribution in [3.63, 3.8) is 0 Å². The molecule has 3 N–H and O–H groups in total. The van der Waals surface area contributed by atoms with Gasteiger partial charge in [0.25, 0.3) is 0 Å². The van der Waals surface area contributed by atoms with E-state index < -0.39 is 21.4 Å². The lowest BCUT2D eigenvalue weighted by Crippen LogP contribution is -2.50. The van der Waals surface area contributed by atoms with E-state index >= 15 is 0 Å². The van der Waals surface area contributed by atoms with Crippen LogP contribution in [-0.2, 0) is 14.6 Å². The second kappa shape index (κ2) is 4.68. The Bertz CT molecular complexity index is 362. The summed E-state index contributed by atoms with van der Waals surface area (Å²) in [6, 6.07) is -0.260. The van der Waals surface area contributed by atoms with E-state index in [1.165, 1.54) is 6.92 Å². The molecular weight excluding hydrogens is 234 g/mol. The van der Waals surface area contributed by atoms with Gasteiger partial charge in [-0.3, -0.25) is 0 Å². The van der Waals surface area contributed by atoms with Crippen molar-refractivity contribution in [3.05, 3.63) is 0 Å². The number of hydrogen-bond acceptors (Lipinski definition) is 5. The van der Waals surface area contributed by atoms with E-state index in [-0.39, 0.29) is 24.1 Å². The Balaban J connectivity index is 2.47. The highest BCUT2D eigenvalue weighted by Gasteiger charge is 2.32. The van der Waals surface area contributed by atoms with Crippen LogP contribution in [0.4, 0.5) is 0 Å². The average molecular weight is 251 g/mol. The van der Waals surface area contributed by atoms with Crippen LogP contribution in [-0.4, -0.2) is 54.3 Å². The minimum atomic E-state index is -3.01. The van der Waals surface area contributed by atoms with Gasteiger partial charge >= 0.3 is 5.97 Å². The molecule has 2 unspecified atom stereocenters. The first-order valence-electron chi connectivity index (χ1n) is 5.12. The Morgan fingerprint density at radius 1 is 1.56 bits per heavy atom. The lowest BCUT2D eigenvalue weighted by molar-refractivity contribution is -0.156. The van der Waals surface area contributed by atoms with Crippen LogP contribution in [0, 0.1) is 0 Å². The van der Waals surface area contributed by atoms with Crippen LogP contribution >= 0.6 is 0 Å². The molecule has 1 rings (SSSR count). The third-order valence-electron chi connectivity index (χ3n) is 2.66. The fraction of sp³-hybridized carbons (Fsp3) is 0.889. The summed E-state index contributed by atoms with van der Waals surface area (Å²) in [5.74, 6) is -1.11. The highest BCUT2D eigenvalue weighted by Crippen LogP contribution is 2.13. The predicted octanol–water partition coefficient (Wildman–Crippen LogP) is -1.01. The molecule has 16 heavy (non-hydrogen) atoms. The van der Waals surface area contributed by atoms with Crippen LogP contribution in [0.3, 0.4) is 0 Å². The van der Waals surface area contributed by atoms with Crippen molar-refractivity contribution in [2.45, 2.75) is 31.4 Å². The summed E-state index contributed by atoms with van der Waals surface area (Å²) in [4.78, 5) is 10.6. The summed E-state index contributed by atoms with van der Waals surface area (Å²) in [7, 11) is -3.01. The van der Waals surface area contributed by atoms with Gasteiger partial charge in [-0.1, -0.05) is 0 Å². The molecule has 0 bridgehead atoms. The van der Waals surface area contributed by atoms with Gasteiger partial charge in [-0.15, -0.1) is 0 Å². The summed E-state index contributed by atoms with van der Waals surface area (Å²) in [6.45, 7) is 1.03. The van der Waals surface area contributed by atoms with Crippen molar-refractivity contribution in [2.24, 2.45) is 0 Å². The molecule has 1 aliphatic rings. The second-order valence-corrected chi connectivity index (χ2v) is 6.64. The molecule has 1 aliphatic heterocycles. The van der Waals surface area contributed by atoms with Gasteiger partial charge in [0, 0.05) is 12.6 Å². The predicted molar refractivity (Wildman–Crippen MR) is 57.9 cm³/mol. The maximum Gasteiger partial charge on any atom is 0.336 e. The SMILES string of the molecule is CC(O)(CNC1CCCS(=O)(=O)C1)C(=O)O. The molecule has 0 aromatic rings. The topological polar surface area (TPSA) is 104 Å². The van der Waals surface area contributed by atoms with E-state index in [4.69, 9.17) is 5.11 Å². The highest BCUT2D eigenvalue weighted by molar-refractivity contribution is 7.91. The minimum Gasteiger partial charge on any atom is -0.479 e. The molecule has 1 saturated heterocycles. The number of aliphatic carboxylic acids is 1. The van der Waals surface area contributed by atoms with Gasteiger partial charge in [0.1, 0.15) is 0 Å². The number of nitrogens with one attached hydrogen (secondary N) is 1. The zero-order chi connectivity index (χ0) is 12.4. The molecule has 0 amide bonds. The summed E-state index contributed by atoms with van der Waals surface area (Å²) >= 11 is 0. The number of carbonyl (C=O) groups is 1. The third kappa shape index (κ3) is 3.73. The molecule has 1 heterocycles. The molecule has 0 radical (unpaired) electrons. The normalized spacial score (nSPS) is 28.2. The third-order valence-corrected chi connectivity index (χ3v) is 4.48. The Morgan fingerprint density at radius 3 is 2.69 bits per heavy atom. The van der Waals surface area contributed by atoms with Gasteiger partial charge in [0.05, 0.1) is 11.5 Å². The van der Waals surface area contributed by atoms with E-state index in [1.54, 1.807) is 0 Å². The van der Waals surface area contributed by atoms with E-state index in [0.717, 1.165) is 0 Å². The Kier molecular flexibility index (Phi) is 3.92. The van der Waals surface area contributed by atoms with Crippen LogP contribution in [0.1, 0.15) is 19.8 Å². The first-order chi connectivity index (χ1) is 7.23. The van der Waals surface area contributed by atoms with E-state index in [1.807, 2.05) is 0 Å². The molecule has 0 aromatic carbocycles. The summed E-state index contributed by atoms with van der Waals surface area (Å²) in [5.41, 5.74) is -1.86.